The number of amides is 2. The van der Waals surface area contributed by atoms with Gasteiger partial charge in [-0.2, -0.15) is 0 Å². The maximum atomic E-state index is 13.9. The number of benzene rings is 4. The van der Waals surface area contributed by atoms with Crippen LogP contribution in [0, 0.1) is 0 Å². The minimum absolute atomic E-state index is 0.0665. The molecule has 1 atom stereocenters. The SMILES string of the molecule is CC(C)(C)OC(=O)[C@H](CCCNC(=O)OCC1c2ccccc2-c2ccccc21)NC(=O)c1cccn(C(c2ccccc2)c2ccccc2)c1=O. The van der Waals surface area contributed by atoms with Gasteiger partial charge in [0.2, 0.25) is 0 Å². The summed E-state index contributed by atoms with van der Waals surface area (Å²) in [6, 6.07) is 37.0. The molecule has 0 saturated heterocycles. The van der Waals surface area contributed by atoms with Crippen LogP contribution in [0.5, 0.6) is 0 Å². The van der Waals surface area contributed by atoms with E-state index in [2.05, 4.69) is 34.9 Å². The van der Waals surface area contributed by atoms with Crippen molar-refractivity contribution in [1.82, 2.24) is 15.2 Å². The summed E-state index contributed by atoms with van der Waals surface area (Å²) in [5, 5.41) is 5.50. The van der Waals surface area contributed by atoms with Crippen molar-refractivity contribution >= 4 is 18.0 Å². The number of esters is 1. The smallest absolute Gasteiger partial charge is 0.407 e. The predicted molar refractivity (Wildman–Crippen MR) is 200 cm³/mol. The molecule has 1 aliphatic rings. The van der Waals surface area contributed by atoms with Crippen LogP contribution in [-0.4, -0.2) is 47.3 Å². The molecule has 1 heterocycles. The molecule has 0 fully saturated rings. The number of alkyl carbamates (subject to hydrolysis) is 1. The predicted octanol–water partition coefficient (Wildman–Crippen LogP) is 7.25. The second kappa shape index (κ2) is 15.9. The summed E-state index contributed by atoms with van der Waals surface area (Å²) in [4.78, 5) is 53.7. The first-order valence-corrected chi connectivity index (χ1v) is 17.5. The average Bonchev–Trinajstić information content (AvgIpc) is 3.46. The van der Waals surface area contributed by atoms with Gasteiger partial charge in [-0.05, 0) is 79.1 Å². The van der Waals surface area contributed by atoms with Gasteiger partial charge in [-0.1, -0.05) is 109 Å². The number of fused-ring (bicyclic) bond motifs is 3. The van der Waals surface area contributed by atoms with Crippen LogP contribution in [0.15, 0.2) is 132 Å². The molecule has 2 N–H and O–H groups in total. The minimum Gasteiger partial charge on any atom is -0.458 e. The summed E-state index contributed by atoms with van der Waals surface area (Å²) >= 11 is 0. The van der Waals surface area contributed by atoms with E-state index in [1.165, 1.54) is 10.6 Å². The first-order valence-electron chi connectivity index (χ1n) is 17.5. The van der Waals surface area contributed by atoms with Gasteiger partial charge in [0.15, 0.2) is 0 Å². The molecule has 6 rings (SSSR count). The molecule has 9 nitrogen and oxygen atoms in total. The largest absolute Gasteiger partial charge is 0.458 e. The van der Waals surface area contributed by atoms with Crippen molar-refractivity contribution in [1.29, 1.82) is 0 Å². The van der Waals surface area contributed by atoms with Crippen molar-refractivity contribution in [2.24, 2.45) is 0 Å². The maximum Gasteiger partial charge on any atom is 0.407 e. The molecule has 0 spiro atoms. The Hall–Kier alpha value is -5.96. The topological polar surface area (TPSA) is 116 Å². The second-order valence-electron chi connectivity index (χ2n) is 13.8. The van der Waals surface area contributed by atoms with E-state index >= 15 is 0 Å². The number of nitrogens with one attached hydrogen (secondary N) is 2. The lowest BCUT2D eigenvalue weighted by Crippen LogP contribution is -2.46. The van der Waals surface area contributed by atoms with Crippen LogP contribution in [0.2, 0.25) is 0 Å². The summed E-state index contributed by atoms with van der Waals surface area (Å²) in [5.41, 5.74) is 4.86. The number of rotatable bonds is 12. The highest BCUT2D eigenvalue weighted by Crippen LogP contribution is 2.44. The van der Waals surface area contributed by atoms with Crippen LogP contribution in [0.25, 0.3) is 11.1 Å². The van der Waals surface area contributed by atoms with Gasteiger partial charge in [0, 0.05) is 18.7 Å². The van der Waals surface area contributed by atoms with Crippen molar-refractivity contribution < 1.29 is 23.9 Å². The Morgan fingerprint density at radius 3 is 1.88 bits per heavy atom. The van der Waals surface area contributed by atoms with Crippen LogP contribution in [0.3, 0.4) is 0 Å². The number of hydrogen-bond acceptors (Lipinski definition) is 6. The molecule has 2 amide bonds. The third-order valence-electron chi connectivity index (χ3n) is 9.01. The Morgan fingerprint density at radius 2 is 1.31 bits per heavy atom. The van der Waals surface area contributed by atoms with E-state index in [4.69, 9.17) is 9.47 Å². The third kappa shape index (κ3) is 8.32. The number of aromatic nitrogens is 1. The van der Waals surface area contributed by atoms with E-state index in [-0.39, 0.29) is 31.1 Å². The van der Waals surface area contributed by atoms with Gasteiger partial charge in [-0.25, -0.2) is 9.59 Å². The van der Waals surface area contributed by atoms with Crippen molar-refractivity contribution in [2.45, 2.75) is 57.2 Å². The number of carbonyl (C=O) groups excluding carboxylic acids is 3. The first-order chi connectivity index (χ1) is 25.1. The first kappa shape index (κ1) is 35.9. The van der Waals surface area contributed by atoms with Crippen molar-refractivity contribution in [3.05, 3.63) is 166 Å². The summed E-state index contributed by atoms with van der Waals surface area (Å²) in [5.74, 6) is -1.40. The Kier molecular flexibility index (Phi) is 11.0. The van der Waals surface area contributed by atoms with Gasteiger partial charge in [0.25, 0.3) is 11.5 Å². The lowest BCUT2D eigenvalue weighted by Gasteiger charge is -2.25. The quantitative estimate of drug-likeness (QED) is 0.105. The van der Waals surface area contributed by atoms with Crippen molar-refractivity contribution in [3.8, 4) is 11.1 Å². The summed E-state index contributed by atoms with van der Waals surface area (Å²) in [6.45, 7) is 5.60. The van der Waals surface area contributed by atoms with Crippen LogP contribution >= 0.6 is 0 Å². The fourth-order valence-electron chi connectivity index (χ4n) is 6.67. The van der Waals surface area contributed by atoms with Gasteiger partial charge in [-0.15, -0.1) is 0 Å². The van der Waals surface area contributed by atoms with E-state index in [1.807, 2.05) is 84.9 Å². The van der Waals surface area contributed by atoms with Gasteiger partial charge < -0.3 is 24.7 Å². The van der Waals surface area contributed by atoms with Crippen molar-refractivity contribution in [2.75, 3.05) is 13.2 Å². The van der Waals surface area contributed by atoms with Crippen LogP contribution in [0.4, 0.5) is 4.79 Å². The molecule has 9 heteroatoms. The van der Waals surface area contributed by atoms with E-state index < -0.39 is 41.2 Å². The Labute approximate surface area is 303 Å². The van der Waals surface area contributed by atoms with E-state index in [0.717, 1.165) is 33.4 Å². The molecule has 0 aliphatic heterocycles. The highest BCUT2D eigenvalue weighted by Gasteiger charge is 2.30. The Balaban J connectivity index is 1.11. The van der Waals surface area contributed by atoms with Crippen molar-refractivity contribution in [3.63, 3.8) is 0 Å². The van der Waals surface area contributed by atoms with Gasteiger partial charge in [0.05, 0.1) is 6.04 Å². The molecule has 5 aromatic rings. The number of carbonyl (C=O) groups is 3. The highest BCUT2D eigenvalue weighted by atomic mass is 16.6. The zero-order valence-corrected chi connectivity index (χ0v) is 29.6. The van der Waals surface area contributed by atoms with Crippen LogP contribution in [-0.2, 0) is 14.3 Å². The summed E-state index contributed by atoms with van der Waals surface area (Å²) in [6.07, 6.45) is 1.57. The maximum absolute atomic E-state index is 13.9. The number of pyridine rings is 1. The molecule has 0 unspecified atom stereocenters. The fraction of sp³-hybridized carbons (Fsp3) is 0.256. The van der Waals surface area contributed by atoms with E-state index in [1.54, 1.807) is 33.0 Å². The lowest BCUT2D eigenvalue weighted by molar-refractivity contribution is -0.157. The highest BCUT2D eigenvalue weighted by molar-refractivity contribution is 5.96. The molecule has 0 bridgehead atoms. The number of hydrogen-bond donors (Lipinski definition) is 2. The molecule has 1 aliphatic carbocycles. The Bertz CT molecular complexity index is 2000. The molecular weight excluding hydrogens is 654 g/mol. The van der Waals surface area contributed by atoms with Gasteiger partial charge in [0.1, 0.15) is 23.8 Å². The van der Waals surface area contributed by atoms with Gasteiger partial charge in [-0.3, -0.25) is 9.59 Å². The molecule has 0 saturated carbocycles. The number of nitrogens with zero attached hydrogens (tertiary/aromatic N) is 1. The average molecular weight is 698 g/mol. The molecule has 266 valence electrons. The normalized spacial score (nSPS) is 12.8. The Morgan fingerprint density at radius 1 is 0.750 bits per heavy atom. The molecule has 4 aromatic carbocycles. The van der Waals surface area contributed by atoms with E-state index in [9.17, 15) is 19.2 Å². The number of ether oxygens (including phenoxy) is 2. The molecular formula is C43H43N3O6. The van der Waals surface area contributed by atoms with Crippen LogP contribution < -0.4 is 16.2 Å². The monoisotopic (exact) mass is 697 g/mol. The molecule has 52 heavy (non-hydrogen) atoms. The lowest BCUT2D eigenvalue weighted by atomic mass is 9.98. The second-order valence-corrected chi connectivity index (χ2v) is 13.8. The standard InChI is InChI=1S/C43H43N3O6/c1-43(2,3)52-41(49)37(25-14-26-44-42(50)51-28-36-33-22-12-10-20-31(33)32-21-11-13-23-34(32)36)45-39(47)35-24-15-27-46(40(35)48)38(29-16-6-4-7-17-29)30-18-8-5-9-19-30/h4-13,15-24,27,36-38H,14,25-26,28H2,1-3H3,(H,44,50)(H,45,47)/t37-/m0/s1. The zero-order chi connectivity index (χ0) is 36.7. The third-order valence-corrected chi connectivity index (χ3v) is 9.01. The molecule has 1 aromatic heterocycles. The fourth-order valence-corrected chi connectivity index (χ4v) is 6.67. The van der Waals surface area contributed by atoms with E-state index in [0.29, 0.717) is 6.42 Å². The van der Waals surface area contributed by atoms with Gasteiger partial charge >= 0.3 is 12.1 Å². The molecule has 0 radical (unpaired) electrons. The van der Waals surface area contributed by atoms with Crippen LogP contribution in [0.1, 0.15) is 78.2 Å². The summed E-state index contributed by atoms with van der Waals surface area (Å²) in [7, 11) is 0. The summed E-state index contributed by atoms with van der Waals surface area (Å²) < 4.78 is 12.8. The minimum atomic E-state index is -1.07. The zero-order valence-electron chi connectivity index (χ0n) is 29.6.